The molecule has 3 heterocycles. The Hall–Kier alpha value is -2.44. The zero-order chi connectivity index (χ0) is 17.8. The minimum absolute atomic E-state index is 0.0978. The van der Waals surface area contributed by atoms with Crippen molar-refractivity contribution in [2.45, 2.75) is 39.5 Å². The molecule has 1 saturated heterocycles. The molecule has 7 nitrogen and oxygen atoms in total. The molecule has 3 rings (SSSR count). The summed E-state index contributed by atoms with van der Waals surface area (Å²) in [4.78, 5) is 24.7. The van der Waals surface area contributed by atoms with Gasteiger partial charge in [-0.05, 0) is 38.8 Å². The third-order valence-electron chi connectivity index (χ3n) is 4.75. The van der Waals surface area contributed by atoms with Gasteiger partial charge in [-0.2, -0.15) is 4.98 Å². The fourth-order valence-electron chi connectivity index (χ4n) is 3.24. The number of anilines is 1. The molecule has 0 N–H and O–H groups in total. The maximum absolute atomic E-state index is 11.6. The number of carbonyl (C=O) groups is 1. The van der Waals surface area contributed by atoms with E-state index in [0.717, 1.165) is 43.9 Å². The van der Waals surface area contributed by atoms with Crippen molar-refractivity contribution in [3.8, 4) is 11.4 Å². The van der Waals surface area contributed by atoms with Crippen molar-refractivity contribution in [3.63, 3.8) is 0 Å². The molecule has 2 aromatic rings. The molecule has 1 amide bonds. The zero-order valence-corrected chi connectivity index (χ0v) is 15.1. The second-order valence-electron chi connectivity index (χ2n) is 6.34. The maximum atomic E-state index is 11.6. The van der Waals surface area contributed by atoms with Gasteiger partial charge in [0, 0.05) is 44.9 Å². The van der Waals surface area contributed by atoms with Gasteiger partial charge < -0.3 is 14.3 Å². The normalized spacial score (nSPS) is 17.6. The quantitative estimate of drug-likeness (QED) is 0.831. The molecule has 0 aromatic carbocycles. The number of pyridine rings is 1. The second kappa shape index (κ2) is 7.63. The van der Waals surface area contributed by atoms with Gasteiger partial charge >= 0.3 is 0 Å². The second-order valence-corrected chi connectivity index (χ2v) is 6.34. The van der Waals surface area contributed by atoms with E-state index in [1.807, 2.05) is 17.0 Å². The first-order valence-corrected chi connectivity index (χ1v) is 8.92. The van der Waals surface area contributed by atoms with Crippen LogP contribution in [-0.2, 0) is 4.79 Å². The summed E-state index contributed by atoms with van der Waals surface area (Å²) < 4.78 is 5.47. The topological polar surface area (TPSA) is 75.4 Å². The molecule has 0 spiro atoms. The molecule has 7 heteroatoms. The van der Waals surface area contributed by atoms with Gasteiger partial charge in [0.2, 0.25) is 17.6 Å². The van der Waals surface area contributed by atoms with E-state index in [4.69, 9.17) is 4.52 Å². The van der Waals surface area contributed by atoms with Crippen molar-refractivity contribution in [3.05, 3.63) is 24.2 Å². The van der Waals surface area contributed by atoms with Crippen LogP contribution in [0.3, 0.4) is 0 Å². The zero-order valence-electron chi connectivity index (χ0n) is 15.1. The van der Waals surface area contributed by atoms with Gasteiger partial charge in [-0.15, -0.1) is 0 Å². The number of rotatable bonds is 5. The van der Waals surface area contributed by atoms with E-state index in [-0.39, 0.29) is 11.8 Å². The SMILES string of the molecule is CCN(CC)c1ccc(-c2noc(C3CCCN(C(C)=O)C3)n2)cn1. The third kappa shape index (κ3) is 3.81. The summed E-state index contributed by atoms with van der Waals surface area (Å²) in [6, 6.07) is 3.95. The van der Waals surface area contributed by atoms with Crippen molar-refractivity contribution in [2.24, 2.45) is 0 Å². The summed E-state index contributed by atoms with van der Waals surface area (Å²) >= 11 is 0. The van der Waals surface area contributed by atoms with Crippen LogP contribution in [0.2, 0.25) is 0 Å². The number of amides is 1. The van der Waals surface area contributed by atoms with Gasteiger partial charge in [-0.3, -0.25) is 4.79 Å². The average molecular weight is 343 g/mol. The van der Waals surface area contributed by atoms with Gasteiger partial charge in [0.15, 0.2) is 0 Å². The Kier molecular flexibility index (Phi) is 5.31. The molecule has 0 aliphatic carbocycles. The average Bonchev–Trinajstić information content (AvgIpc) is 3.13. The molecule has 25 heavy (non-hydrogen) atoms. The summed E-state index contributed by atoms with van der Waals surface area (Å²) in [5.74, 6) is 2.31. The molecule has 134 valence electrons. The van der Waals surface area contributed by atoms with Gasteiger partial charge in [0.25, 0.3) is 0 Å². The molecule has 0 saturated carbocycles. The first-order valence-electron chi connectivity index (χ1n) is 8.92. The maximum Gasteiger partial charge on any atom is 0.231 e. The summed E-state index contributed by atoms with van der Waals surface area (Å²) in [5, 5.41) is 4.10. The lowest BCUT2D eigenvalue weighted by molar-refractivity contribution is -0.130. The van der Waals surface area contributed by atoms with Crippen LogP contribution >= 0.6 is 0 Å². The Balaban J connectivity index is 1.74. The van der Waals surface area contributed by atoms with Crippen molar-refractivity contribution in [2.75, 3.05) is 31.1 Å². The van der Waals surface area contributed by atoms with E-state index in [1.165, 1.54) is 0 Å². The minimum Gasteiger partial charge on any atom is -0.357 e. The first kappa shape index (κ1) is 17.4. The summed E-state index contributed by atoms with van der Waals surface area (Å²) in [7, 11) is 0. The van der Waals surface area contributed by atoms with E-state index in [2.05, 4.69) is 33.9 Å². The highest BCUT2D eigenvalue weighted by molar-refractivity contribution is 5.73. The number of aromatic nitrogens is 3. The Labute approximate surface area is 148 Å². The number of carbonyl (C=O) groups excluding carboxylic acids is 1. The third-order valence-corrected chi connectivity index (χ3v) is 4.75. The van der Waals surface area contributed by atoms with Crippen LogP contribution in [0.4, 0.5) is 5.82 Å². The molecule has 1 aliphatic heterocycles. The molecule has 1 unspecified atom stereocenters. The van der Waals surface area contributed by atoms with Gasteiger partial charge in [0.05, 0.1) is 5.92 Å². The Morgan fingerprint density at radius 2 is 2.16 bits per heavy atom. The van der Waals surface area contributed by atoms with Gasteiger partial charge in [-0.1, -0.05) is 5.16 Å². The van der Waals surface area contributed by atoms with Crippen molar-refractivity contribution < 1.29 is 9.32 Å². The number of hydrogen-bond donors (Lipinski definition) is 0. The predicted octanol–water partition coefficient (Wildman–Crippen LogP) is 2.70. The standard InChI is InChI=1S/C18H25N5O2/c1-4-22(5-2)16-9-8-14(11-19-16)17-20-18(25-21-17)15-7-6-10-23(12-15)13(3)24/h8-9,11,15H,4-7,10,12H2,1-3H3. The van der Waals surface area contributed by atoms with Crippen LogP contribution in [0, 0.1) is 0 Å². The van der Waals surface area contributed by atoms with E-state index in [1.54, 1.807) is 13.1 Å². The molecule has 0 bridgehead atoms. The number of likely N-dealkylation sites (tertiary alicyclic amines) is 1. The molecule has 1 atom stereocenters. The van der Waals surface area contributed by atoms with Crippen LogP contribution < -0.4 is 4.90 Å². The molecular weight excluding hydrogens is 318 g/mol. The lowest BCUT2D eigenvalue weighted by Gasteiger charge is -2.29. The Morgan fingerprint density at radius 3 is 2.80 bits per heavy atom. The van der Waals surface area contributed by atoms with Crippen LogP contribution in [-0.4, -0.2) is 52.1 Å². The van der Waals surface area contributed by atoms with Crippen molar-refractivity contribution >= 4 is 11.7 Å². The molecule has 2 aromatic heterocycles. The van der Waals surface area contributed by atoms with Crippen LogP contribution in [0.5, 0.6) is 0 Å². The van der Waals surface area contributed by atoms with E-state index < -0.39 is 0 Å². The first-order chi connectivity index (χ1) is 12.1. The minimum atomic E-state index is 0.0978. The predicted molar refractivity (Wildman–Crippen MR) is 95.3 cm³/mol. The van der Waals surface area contributed by atoms with Crippen LogP contribution in [0.15, 0.2) is 22.9 Å². The monoisotopic (exact) mass is 343 g/mol. The fraction of sp³-hybridized carbons (Fsp3) is 0.556. The van der Waals surface area contributed by atoms with Crippen LogP contribution in [0.1, 0.15) is 45.4 Å². The fourth-order valence-corrected chi connectivity index (χ4v) is 3.24. The number of piperidine rings is 1. The highest BCUT2D eigenvalue weighted by atomic mass is 16.5. The molecule has 0 radical (unpaired) electrons. The molecule has 1 aliphatic rings. The largest absolute Gasteiger partial charge is 0.357 e. The smallest absolute Gasteiger partial charge is 0.231 e. The van der Waals surface area contributed by atoms with Gasteiger partial charge in [-0.25, -0.2) is 4.98 Å². The van der Waals surface area contributed by atoms with E-state index in [0.29, 0.717) is 18.3 Å². The summed E-state index contributed by atoms with van der Waals surface area (Å²) in [6.07, 6.45) is 3.71. The summed E-state index contributed by atoms with van der Waals surface area (Å²) in [6.45, 7) is 9.12. The lowest BCUT2D eigenvalue weighted by atomic mass is 9.98. The van der Waals surface area contributed by atoms with E-state index >= 15 is 0 Å². The van der Waals surface area contributed by atoms with Gasteiger partial charge in [0.1, 0.15) is 5.82 Å². The molecule has 1 fully saturated rings. The Bertz CT molecular complexity index is 709. The highest BCUT2D eigenvalue weighted by Gasteiger charge is 2.27. The van der Waals surface area contributed by atoms with Crippen LogP contribution in [0.25, 0.3) is 11.4 Å². The van der Waals surface area contributed by atoms with Crippen molar-refractivity contribution in [1.29, 1.82) is 0 Å². The number of nitrogens with zero attached hydrogens (tertiary/aromatic N) is 5. The Morgan fingerprint density at radius 1 is 1.36 bits per heavy atom. The van der Waals surface area contributed by atoms with Crippen molar-refractivity contribution in [1.82, 2.24) is 20.0 Å². The summed E-state index contributed by atoms with van der Waals surface area (Å²) in [5.41, 5.74) is 0.838. The lowest BCUT2D eigenvalue weighted by Crippen LogP contribution is -2.37. The highest BCUT2D eigenvalue weighted by Crippen LogP contribution is 2.27. The molecular formula is C18H25N5O2. The van der Waals surface area contributed by atoms with E-state index in [9.17, 15) is 4.79 Å². The number of hydrogen-bond acceptors (Lipinski definition) is 6.